The number of hydrogen-bond acceptors (Lipinski definition) is 7. The Balaban J connectivity index is 1.40. The van der Waals surface area contributed by atoms with Gasteiger partial charge in [-0.15, -0.1) is 0 Å². The Kier molecular flexibility index (Phi) is 6.66. The normalized spacial score (nSPS) is 18.0. The molecule has 5 rings (SSSR count). The van der Waals surface area contributed by atoms with E-state index >= 15 is 0 Å². The van der Waals surface area contributed by atoms with E-state index in [2.05, 4.69) is 20.4 Å². The Bertz CT molecular complexity index is 1480. The second-order valence-corrected chi connectivity index (χ2v) is 9.19. The van der Waals surface area contributed by atoms with Crippen LogP contribution >= 0.6 is 0 Å². The fourth-order valence-electron chi connectivity index (χ4n) is 4.33. The summed E-state index contributed by atoms with van der Waals surface area (Å²) in [5.41, 5.74) is -0.199. The van der Waals surface area contributed by atoms with Gasteiger partial charge < -0.3 is 19.7 Å². The second-order valence-electron chi connectivity index (χ2n) is 9.19. The van der Waals surface area contributed by atoms with Crippen molar-refractivity contribution in [2.45, 2.75) is 32.2 Å². The van der Waals surface area contributed by atoms with Crippen molar-refractivity contribution < 1.29 is 27.4 Å². The number of hydrogen-bond donors (Lipinski definition) is 1. The van der Waals surface area contributed by atoms with Crippen LogP contribution in [0.1, 0.15) is 29.8 Å². The summed E-state index contributed by atoms with van der Waals surface area (Å²) in [6.07, 6.45) is -2.79. The molecule has 2 aromatic heterocycles. The van der Waals surface area contributed by atoms with Gasteiger partial charge in [-0.3, -0.25) is 9.48 Å². The number of aromatic nitrogens is 4. The predicted octanol–water partition coefficient (Wildman–Crippen LogP) is 5.04. The summed E-state index contributed by atoms with van der Waals surface area (Å²) in [5.74, 6) is 0.432. The molecule has 0 spiro atoms. The summed E-state index contributed by atoms with van der Waals surface area (Å²) in [4.78, 5) is 23.9. The number of carbonyl (C=O) groups excluding carboxylic acids is 1. The molecule has 2 atom stereocenters. The first-order valence-corrected chi connectivity index (χ1v) is 11.9. The van der Waals surface area contributed by atoms with Crippen LogP contribution in [0.25, 0.3) is 11.0 Å². The van der Waals surface area contributed by atoms with Crippen LogP contribution in [0.5, 0.6) is 11.6 Å². The van der Waals surface area contributed by atoms with E-state index in [1.165, 1.54) is 12.1 Å². The van der Waals surface area contributed by atoms with Gasteiger partial charge in [-0.2, -0.15) is 28.2 Å². The molecule has 1 aliphatic rings. The van der Waals surface area contributed by atoms with Crippen molar-refractivity contribution in [3.8, 4) is 11.6 Å². The van der Waals surface area contributed by atoms with Crippen molar-refractivity contribution in [3.05, 3.63) is 65.9 Å². The molecule has 0 bridgehead atoms. The first kappa shape index (κ1) is 25.5. The van der Waals surface area contributed by atoms with Gasteiger partial charge in [-0.1, -0.05) is 12.1 Å². The number of benzene rings is 2. The average molecular weight is 527 g/mol. The number of fused-ring (bicyclic) bond motifs is 1. The van der Waals surface area contributed by atoms with Crippen LogP contribution in [0.15, 0.2) is 54.7 Å². The minimum Gasteiger partial charge on any atom is -0.438 e. The highest BCUT2D eigenvalue weighted by atomic mass is 19.4. The van der Waals surface area contributed by atoms with Crippen LogP contribution in [-0.4, -0.2) is 51.0 Å². The molecule has 0 aliphatic carbocycles. The molecule has 2 unspecified atom stereocenters. The zero-order valence-corrected chi connectivity index (χ0v) is 20.9. The molecule has 1 N–H and O–H groups in total. The average Bonchev–Trinajstić information content (AvgIpc) is 3.24. The highest BCUT2D eigenvalue weighted by molar-refractivity contribution is 6.04. The van der Waals surface area contributed by atoms with Gasteiger partial charge in [-0.25, -0.2) is 0 Å². The molecular weight excluding hydrogens is 501 g/mol. The molecule has 198 valence electrons. The quantitative estimate of drug-likeness (QED) is 0.389. The smallest absolute Gasteiger partial charge is 0.416 e. The van der Waals surface area contributed by atoms with Gasteiger partial charge in [0.25, 0.3) is 5.91 Å². The molecule has 38 heavy (non-hydrogen) atoms. The number of amides is 1. The Morgan fingerprint density at radius 2 is 1.82 bits per heavy atom. The lowest BCUT2D eigenvalue weighted by Gasteiger charge is -2.35. The fraction of sp³-hybridized carbons (Fsp3) is 0.308. The maximum absolute atomic E-state index is 13.0. The third-order valence-electron chi connectivity index (χ3n) is 5.91. The number of carbonyl (C=O) groups is 1. The molecule has 1 amide bonds. The standard InChI is InChI=1S/C26H25F3N6O3/c1-15-12-35(13-16(2)37-15)25-31-22-21(14-34(3)33-22)24(32-25)38-20-9-5-8-19(11-20)30-23(36)17-6-4-7-18(10-17)26(27,28)29/h4-11,14-16H,12-13H2,1-3H3,(H,30,36). The maximum atomic E-state index is 13.0. The number of halogens is 3. The summed E-state index contributed by atoms with van der Waals surface area (Å²) >= 11 is 0. The number of nitrogens with one attached hydrogen (secondary N) is 1. The van der Waals surface area contributed by atoms with Gasteiger partial charge in [0.1, 0.15) is 11.1 Å². The van der Waals surface area contributed by atoms with Crippen LogP contribution in [0.4, 0.5) is 24.8 Å². The maximum Gasteiger partial charge on any atom is 0.416 e. The van der Waals surface area contributed by atoms with E-state index in [1.807, 2.05) is 18.7 Å². The minimum atomic E-state index is -4.55. The largest absolute Gasteiger partial charge is 0.438 e. The second kappa shape index (κ2) is 9.93. The lowest BCUT2D eigenvalue weighted by molar-refractivity contribution is -0.137. The van der Waals surface area contributed by atoms with Crippen molar-refractivity contribution in [3.63, 3.8) is 0 Å². The van der Waals surface area contributed by atoms with Crippen LogP contribution in [0.2, 0.25) is 0 Å². The molecule has 0 radical (unpaired) electrons. The van der Waals surface area contributed by atoms with Gasteiger partial charge in [0.2, 0.25) is 11.8 Å². The van der Waals surface area contributed by atoms with E-state index in [9.17, 15) is 18.0 Å². The lowest BCUT2D eigenvalue weighted by atomic mass is 10.1. The summed E-state index contributed by atoms with van der Waals surface area (Å²) in [6.45, 7) is 5.19. The van der Waals surface area contributed by atoms with E-state index in [4.69, 9.17) is 9.47 Å². The van der Waals surface area contributed by atoms with E-state index in [1.54, 1.807) is 42.2 Å². The van der Waals surface area contributed by atoms with E-state index in [-0.39, 0.29) is 23.7 Å². The molecule has 0 saturated carbocycles. The van der Waals surface area contributed by atoms with Crippen LogP contribution in [0, 0.1) is 0 Å². The highest BCUT2D eigenvalue weighted by Gasteiger charge is 2.31. The summed E-state index contributed by atoms with van der Waals surface area (Å²) in [7, 11) is 1.77. The van der Waals surface area contributed by atoms with Crippen molar-refractivity contribution in [1.29, 1.82) is 0 Å². The molecule has 9 nitrogen and oxygen atoms in total. The summed E-state index contributed by atoms with van der Waals surface area (Å²) < 4.78 is 52.7. The molecule has 1 fully saturated rings. The highest BCUT2D eigenvalue weighted by Crippen LogP contribution is 2.32. The fourth-order valence-corrected chi connectivity index (χ4v) is 4.33. The number of nitrogens with zero attached hydrogens (tertiary/aromatic N) is 5. The van der Waals surface area contributed by atoms with E-state index in [0.717, 1.165) is 12.1 Å². The SMILES string of the molecule is CC1CN(c2nc(Oc3cccc(NC(=O)c4cccc(C(F)(F)F)c4)c3)c3cn(C)nc3n2)CC(C)O1. The molecule has 12 heteroatoms. The number of alkyl halides is 3. The molecule has 1 saturated heterocycles. The third-order valence-corrected chi connectivity index (χ3v) is 5.91. The predicted molar refractivity (Wildman–Crippen MR) is 134 cm³/mol. The summed E-state index contributed by atoms with van der Waals surface area (Å²) in [5, 5.41) is 7.63. The molecule has 2 aromatic carbocycles. The molecule has 3 heterocycles. The van der Waals surface area contributed by atoms with Gasteiger partial charge in [0.15, 0.2) is 5.65 Å². The first-order chi connectivity index (χ1) is 18.0. The number of aryl methyl sites for hydroxylation is 1. The molecule has 4 aromatic rings. The number of ether oxygens (including phenoxy) is 2. The van der Waals surface area contributed by atoms with Gasteiger partial charge >= 0.3 is 6.18 Å². The Hall–Kier alpha value is -4.19. The van der Waals surface area contributed by atoms with Gasteiger partial charge in [0.05, 0.1) is 17.8 Å². The zero-order valence-electron chi connectivity index (χ0n) is 20.9. The van der Waals surface area contributed by atoms with Crippen LogP contribution in [0.3, 0.4) is 0 Å². The molecule has 1 aliphatic heterocycles. The number of rotatable bonds is 5. The van der Waals surface area contributed by atoms with Gasteiger partial charge in [-0.05, 0) is 44.2 Å². The summed E-state index contributed by atoms with van der Waals surface area (Å²) in [6, 6.07) is 10.8. The van der Waals surface area contributed by atoms with Crippen molar-refractivity contribution in [2.24, 2.45) is 7.05 Å². The van der Waals surface area contributed by atoms with Crippen molar-refractivity contribution >= 4 is 28.6 Å². The Labute approximate surface area is 216 Å². The zero-order chi connectivity index (χ0) is 27.0. The van der Waals surface area contributed by atoms with Crippen LogP contribution < -0.4 is 15.0 Å². The van der Waals surface area contributed by atoms with Crippen molar-refractivity contribution in [1.82, 2.24) is 19.7 Å². The Morgan fingerprint density at radius 3 is 2.55 bits per heavy atom. The Morgan fingerprint density at radius 1 is 1.08 bits per heavy atom. The topological polar surface area (TPSA) is 94.4 Å². The first-order valence-electron chi connectivity index (χ1n) is 11.9. The lowest BCUT2D eigenvalue weighted by Crippen LogP contribution is -2.46. The van der Waals surface area contributed by atoms with Gasteiger partial charge in [0, 0.05) is 43.7 Å². The monoisotopic (exact) mass is 526 g/mol. The number of anilines is 2. The number of morpholine rings is 1. The van der Waals surface area contributed by atoms with Crippen molar-refractivity contribution in [2.75, 3.05) is 23.3 Å². The van der Waals surface area contributed by atoms with Crippen LogP contribution in [-0.2, 0) is 18.0 Å². The molecular formula is C26H25F3N6O3. The van der Waals surface area contributed by atoms with E-state index in [0.29, 0.717) is 41.5 Å². The minimum absolute atomic E-state index is 0.00302. The van der Waals surface area contributed by atoms with E-state index < -0.39 is 17.6 Å². The third kappa shape index (κ3) is 5.54.